The highest BCUT2D eigenvalue weighted by molar-refractivity contribution is 7.91. The maximum atomic E-state index is 12.0. The van der Waals surface area contributed by atoms with Crippen molar-refractivity contribution >= 4 is 15.7 Å². The first-order valence-corrected chi connectivity index (χ1v) is 8.37. The highest BCUT2D eigenvalue weighted by Gasteiger charge is 2.32. The molecule has 7 heteroatoms. The summed E-state index contributed by atoms with van der Waals surface area (Å²) in [7, 11) is -1.30. The van der Waals surface area contributed by atoms with Gasteiger partial charge in [-0.1, -0.05) is 6.07 Å². The maximum absolute atomic E-state index is 12.0. The molecule has 1 amide bonds. The monoisotopic (exact) mass is 297 g/mol. The third-order valence-electron chi connectivity index (χ3n) is 3.46. The Morgan fingerprint density at radius 2 is 2.30 bits per heavy atom. The topological polar surface area (TPSA) is 79.4 Å². The molecule has 1 fully saturated rings. The van der Waals surface area contributed by atoms with E-state index in [0.29, 0.717) is 13.0 Å². The van der Waals surface area contributed by atoms with E-state index in [-0.39, 0.29) is 30.0 Å². The maximum Gasteiger partial charge on any atom is 0.236 e. The second kappa shape index (κ2) is 6.32. The van der Waals surface area contributed by atoms with E-state index in [4.69, 9.17) is 0 Å². The average Bonchev–Trinajstić information content (AvgIpc) is 2.79. The van der Waals surface area contributed by atoms with E-state index in [9.17, 15) is 13.2 Å². The number of pyridine rings is 1. The van der Waals surface area contributed by atoms with Crippen LogP contribution in [-0.4, -0.2) is 55.3 Å². The van der Waals surface area contributed by atoms with Crippen LogP contribution in [0.25, 0.3) is 0 Å². The van der Waals surface area contributed by atoms with E-state index in [2.05, 4.69) is 10.3 Å². The number of nitrogens with zero attached hydrogens (tertiary/aromatic N) is 2. The Hall–Kier alpha value is -1.47. The quantitative estimate of drug-likeness (QED) is 0.815. The largest absolute Gasteiger partial charge is 0.341 e. The molecule has 2 heterocycles. The van der Waals surface area contributed by atoms with Gasteiger partial charge in [-0.2, -0.15) is 0 Å². The summed E-state index contributed by atoms with van der Waals surface area (Å²) in [5.74, 6) is 0.162. The summed E-state index contributed by atoms with van der Waals surface area (Å²) in [5.41, 5.74) is 0.867. The first-order chi connectivity index (χ1) is 9.48. The molecule has 1 aromatic heterocycles. The van der Waals surface area contributed by atoms with Crippen LogP contribution in [0.15, 0.2) is 24.4 Å². The fourth-order valence-electron chi connectivity index (χ4n) is 2.21. The molecule has 1 saturated heterocycles. The molecule has 0 bridgehead atoms. The van der Waals surface area contributed by atoms with Crippen LogP contribution in [0.2, 0.25) is 0 Å². The van der Waals surface area contributed by atoms with Gasteiger partial charge in [0, 0.05) is 25.8 Å². The third kappa shape index (κ3) is 4.01. The minimum atomic E-state index is -2.96. The molecule has 1 aliphatic heterocycles. The van der Waals surface area contributed by atoms with Crippen LogP contribution in [0.3, 0.4) is 0 Å². The lowest BCUT2D eigenvalue weighted by Gasteiger charge is -2.23. The smallest absolute Gasteiger partial charge is 0.236 e. The van der Waals surface area contributed by atoms with Crippen molar-refractivity contribution in [2.75, 3.05) is 25.1 Å². The molecule has 1 atom stereocenters. The average molecular weight is 297 g/mol. The Morgan fingerprint density at radius 3 is 2.90 bits per heavy atom. The molecule has 110 valence electrons. The predicted octanol–water partition coefficient (Wildman–Crippen LogP) is -0.183. The Morgan fingerprint density at radius 1 is 1.50 bits per heavy atom. The predicted molar refractivity (Wildman–Crippen MR) is 75.8 cm³/mol. The lowest BCUT2D eigenvalue weighted by Crippen LogP contribution is -2.42. The van der Waals surface area contributed by atoms with Crippen molar-refractivity contribution in [1.82, 2.24) is 15.2 Å². The summed E-state index contributed by atoms with van der Waals surface area (Å²) in [4.78, 5) is 17.7. The zero-order valence-electron chi connectivity index (χ0n) is 11.4. The standard InChI is InChI=1S/C13H19N3O3S/c1-16(12-5-7-20(18,19)10-12)13(17)9-14-8-11-4-2-3-6-15-11/h2-4,6,12,14H,5,7-10H2,1H3. The van der Waals surface area contributed by atoms with Gasteiger partial charge in [-0.25, -0.2) is 8.42 Å². The molecular formula is C13H19N3O3S. The lowest BCUT2D eigenvalue weighted by molar-refractivity contribution is -0.130. The zero-order chi connectivity index (χ0) is 14.6. The number of aromatic nitrogens is 1. The highest BCUT2D eigenvalue weighted by Crippen LogP contribution is 2.16. The van der Waals surface area contributed by atoms with Crippen LogP contribution >= 0.6 is 0 Å². The minimum absolute atomic E-state index is 0.0789. The van der Waals surface area contributed by atoms with Gasteiger partial charge in [0.15, 0.2) is 9.84 Å². The molecule has 0 saturated carbocycles. The Kier molecular flexibility index (Phi) is 4.72. The number of likely N-dealkylation sites (N-methyl/N-ethyl adjacent to an activating group) is 1. The fraction of sp³-hybridized carbons (Fsp3) is 0.538. The van der Waals surface area contributed by atoms with Crippen LogP contribution in [0.5, 0.6) is 0 Å². The van der Waals surface area contributed by atoms with Gasteiger partial charge in [-0.05, 0) is 18.6 Å². The van der Waals surface area contributed by atoms with Crippen LogP contribution in [0.1, 0.15) is 12.1 Å². The van der Waals surface area contributed by atoms with Crippen LogP contribution < -0.4 is 5.32 Å². The van der Waals surface area contributed by atoms with Crippen molar-refractivity contribution in [3.63, 3.8) is 0 Å². The summed E-state index contributed by atoms with van der Waals surface area (Å²) in [6.07, 6.45) is 2.24. The van der Waals surface area contributed by atoms with Crippen LogP contribution in [-0.2, 0) is 21.2 Å². The molecular weight excluding hydrogens is 278 g/mol. The number of amides is 1. The Labute approximate surface area is 119 Å². The summed E-state index contributed by atoms with van der Waals surface area (Å²) in [6.45, 7) is 0.701. The molecule has 1 aliphatic rings. The number of carbonyl (C=O) groups is 1. The van der Waals surface area contributed by atoms with E-state index >= 15 is 0 Å². The molecule has 1 aromatic rings. The molecule has 2 rings (SSSR count). The first-order valence-electron chi connectivity index (χ1n) is 6.55. The van der Waals surface area contributed by atoms with Gasteiger partial charge in [-0.15, -0.1) is 0 Å². The summed E-state index contributed by atoms with van der Waals surface area (Å²) < 4.78 is 22.8. The van der Waals surface area contributed by atoms with Gasteiger partial charge in [0.25, 0.3) is 0 Å². The van der Waals surface area contributed by atoms with E-state index in [1.165, 1.54) is 4.90 Å². The van der Waals surface area contributed by atoms with Crippen molar-refractivity contribution in [2.45, 2.75) is 19.0 Å². The normalized spacial score (nSPS) is 20.8. The van der Waals surface area contributed by atoms with E-state index in [0.717, 1.165) is 5.69 Å². The first kappa shape index (κ1) is 14.9. The lowest BCUT2D eigenvalue weighted by atomic mass is 10.2. The van der Waals surface area contributed by atoms with E-state index in [1.807, 2.05) is 18.2 Å². The fourth-order valence-corrected chi connectivity index (χ4v) is 3.98. The summed E-state index contributed by atoms with van der Waals surface area (Å²) in [6, 6.07) is 5.42. The molecule has 0 spiro atoms. The Bertz CT molecular complexity index is 559. The van der Waals surface area contributed by atoms with Gasteiger partial charge in [0.1, 0.15) is 0 Å². The number of hydrogen-bond donors (Lipinski definition) is 1. The van der Waals surface area contributed by atoms with Crippen LogP contribution in [0.4, 0.5) is 0 Å². The van der Waals surface area contributed by atoms with Gasteiger partial charge in [0.05, 0.1) is 23.7 Å². The molecule has 20 heavy (non-hydrogen) atoms. The van der Waals surface area contributed by atoms with Gasteiger partial charge < -0.3 is 10.2 Å². The van der Waals surface area contributed by atoms with Crippen LogP contribution in [0, 0.1) is 0 Å². The van der Waals surface area contributed by atoms with Crippen molar-refractivity contribution in [2.24, 2.45) is 0 Å². The van der Waals surface area contributed by atoms with E-state index in [1.54, 1.807) is 13.2 Å². The molecule has 0 aliphatic carbocycles. The number of nitrogens with one attached hydrogen (secondary N) is 1. The number of hydrogen-bond acceptors (Lipinski definition) is 5. The number of carbonyl (C=O) groups excluding carboxylic acids is 1. The highest BCUT2D eigenvalue weighted by atomic mass is 32.2. The van der Waals surface area contributed by atoms with Crippen molar-refractivity contribution in [1.29, 1.82) is 0 Å². The van der Waals surface area contributed by atoms with Gasteiger partial charge >= 0.3 is 0 Å². The Balaban J connectivity index is 1.77. The van der Waals surface area contributed by atoms with Gasteiger partial charge in [-0.3, -0.25) is 9.78 Å². The SMILES string of the molecule is CN(C(=O)CNCc1ccccn1)C1CCS(=O)(=O)C1. The van der Waals surface area contributed by atoms with Crippen molar-refractivity contribution in [3.8, 4) is 0 Å². The zero-order valence-corrected chi connectivity index (χ0v) is 12.3. The van der Waals surface area contributed by atoms with Gasteiger partial charge in [0.2, 0.25) is 5.91 Å². The van der Waals surface area contributed by atoms with E-state index < -0.39 is 9.84 Å². The second-order valence-corrected chi connectivity index (χ2v) is 7.21. The summed E-state index contributed by atoms with van der Waals surface area (Å²) in [5, 5.41) is 3.02. The molecule has 0 aromatic carbocycles. The molecule has 1 unspecified atom stereocenters. The molecule has 6 nitrogen and oxygen atoms in total. The third-order valence-corrected chi connectivity index (χ3v) is 5.21. The number of sulfone groups is 1. The second-order valence-electron chi connectivity index (χ2n) is 4.99. The molecule has 0 radical (unpaired) electrons. The van der Waals surface area contributed by atoms with Crippen molar-refractivity contribution < 1.29 is 13.2 Å². The summed E-state index contributed by atoms with van der Waals surface area (Å²) >= 11 is 0. The molecule has 1 N–H and O–H groups in total. The number of rotatable bonds is 5. The minimum Gasteiger partial charge on any atom is -0.341 e. The van der Waals surface area contributed by atoms with Crippen molar-refractivity contribution in [3.05, 3.63) is 30.1 Å².